The van der Waals surface area contributed by atoms with E-state index in [4.69, 9.17) is 0 Å². The first-order valence-electron chi connectivity index (χ1n) is 5.94. The van der Waals surface area contributed by atoms with Gasteiger partial charge in [0.05, 0.1) is 11.8 Å². The van der Waals surface area contributed by atoms with Crippen LogP contribution in [0, 0.1) is 5.41 Å². The summed E-state index contributed by atoms with van der Waals surface area (Å²) in [5.74, 6) is -0.142. The van der Waals surface area contributed by atoms with Crippen molar-refractivity contribution in [2.24, 2.45) is 5.41 Å². The van der Waals surface area contributed by atoms with Crippen LogP contribution in [-0.2, 0) is 0 Å². The average molecular weight is 234 g/mol. The van der Waals surface area contributed by atoms with Gasteiger partial charge < -0.3 is 10.4 Å². The van der Waals surface area contributed by atoms with Crippen LogP contribution in [0.1, 0.15) is 43.5 Å². The highest BCUT2D eigenvalue weighted by molar-refractivity contribution is 5.94. The molecule has 1 unspecified atom stereocenters. The van der Waals surface area contributed by atoms with E-state index in [9.17, 15) is 9.90 Å². The van der Waals surface area contributed by atoms with Gasteiger partial charge in [-0.15, -0.1) is 0 Å². The SMILES string of the molecule is CC1(C)CCCC1NC(=O)c1cncc(O)c1. The van der Waals surface area contributed by atoms with Gasteiger partial charge in [-0.25, -0.2) is 0 Å². The van der Waals surface area contributed by atoms with Crippen LogP contribution < -0.4 is 5.32 Å². The zero-order chi connectivity index (χ0) is 12.5. The summed E-state index contributed by atoms with van der Waals surface area (Å²) in [6, 6.07) is 1.64. The number of carbonyl (C=O) groups is 1. The second-order valence-corrected chi connectivity index (χ2v) is 5.34. The molecule has 2 rings (SSSR count). The van der Waals surface area contributed by atoms with E-state index >= 15 is 0 Å². The number of nitrogens with zero attached hydrogens (tertiary/aromatic N) is 1. The summed E-state index contributed by atoms with van der Waals surface area (Å²) in [7, 11) is 0. The van der Waals surface area contributed by atoms with Crippen molar-refractivity contribution in [3.05, 3.63) is 24.0 Å². The largest absolute Gasteiger partial charge is 0.506 e. The van der Waals surface area contributed by atoms with Crippen molar-refractivity contribution in [3.63, 3.8) is 0 Å². The second kappa shape index (κ2) is 4.35. The molecule has 4 heteroatoms. The summed E-state index contributed by atoms with van der Waals surface area (Å²) in [6.07, 6.45) is 6.09. The minimum atomic E-state index is -0.159. The number of rotatable bonds is 2. The molecular formula is C13H18N2O2. The number of carbonyl (C=O) groups excluding carboxylic acids is 1. The lowest BCUT2D eigenvalue weighted by molar-refractivity contribution is 0.0909. The van der Waals surface area contributed by atoms with Crippen LogP contribution in [0.15, 0.2) is 18.5 Å². The number of amides is 1. The van der Waals surface area contributed by atoms with Gasteiger partial charge in [-0.3, -0.25) is 9.78 Å². The minimum absolute atomic E-state index is 0.0170. The molecule has 4 nitrogen and oxygen atoms in total. The predicted octanol–water partition coefficient (Wildman–Crippen LogP) is 2.10. The molecule has 0 aromatic carbocycles. The molecule has 1 aromatic heterocycles. The average Bonchev–Trinajstić information content (AvgIpc) is 2.58. The van der Waals surface area contributed by atoms with Gasteiger partial charge in [-0.05, 0) is 24.3 Å². The van der Waals surface area contributed by atoms with Crippen LogP contribution in [-0.4, -0.2) is 22.0 Å². The second-order valence-electron chi connectivity index (χ2n) is 5.34. The zero-order valence-electron chi connectivity index (χ0n) is 10.2. The van der Waals surface area contributed by atoms with Gasteiger partial charge in [0.1, 0.15) is 5.75 Å². The molecular weight excluding hydrogens is 216 g/mol. The molecule has 92 valence electrons. The molecule has 0 spiro atoms. The molecule has 1 aliphatic carbocycles. The number of hydrogen-bond donors (Lipinski definition) is 2. The number of pyridine rings is 1. The smallest absolute Gasteiger partial charge is 0.253 e. The van der Waals surface area contributed by atoms with Crippen LogP contribution in [0.2, 0.25) is 0 Å². The van der Waals surface area contributed by atoms with E-state index in [0.29, 0.717) is 5.56 Å². The maximum absolute atomic E-state index is 12.0. The minimum Gasteiger partial charge on any atom is -0.506 e. The topological polar surface area (TPSA) is 62.2 Å². The first-order chi connectivity index (χ1) is 7.99. The Morgan fingerprint density at radius 1 is 1.53 bits per heavy atom. The predicted molar refractivity (Wildman–Crippen MR) is 64.8 cm³/mol. The van der Waals surface area contributed by atoms with Crippen LogP contribution in [0.3, 0.4) is 0 Å². The molecule has 1 heterocycles. The molecule has 0 bridgehead atoms. The molecule has 0 saturated heterocycles. The van der Waals surface area contributed by atoms with Crippen LogP contribution in [0.25, 0.3) is 0 Å². The molecule has 1 aliphatic rings. The maximum atomic E-state index is 12.0. The lowest BCUT2D eigenvalue weighted by Gasteiger charge is -2.27. The van der Waals surface area contributed by atoms with Gasteiger partial charge in [-0.1, -0.05) is 20.3 Å². The van der Waals surface area contributed by atoms with Gasteiger partial charge in [0, 0.05) is 12.2 Å². The van der Waals surface area contributed by atoms with Gasteiger partial charge in [0.25, 0.3) is 5.91 Å². The van der Waals surface area contributed by atoms with Gasteiger partial charge in [0.2, 0.25) is 0 Å². The Hall–Kier alpha value is -1.58. The van der Waals surface area contributed by atoms with E-state index < -0.39 is 0 Å². The van der Waals surface area contributed by atoms with Crippen molar-refractivity contribution < 1.29 is 9.90 Å². The first-order valence-corrected chi connectivity index (χ1v) is 5.94. The zero-order valence-corrected chi connectivity index (χ0v) is 10.2. The molecule has 1 amide bonds. The third-order valence-corrected chi connectivity index (χ3v) is 3.55. The van der Waals surface area contributed by atoms with Crippen molar-refractivity contribution in [2.75, 3.05) is 0 Å². The highest BCUT2D eigenvalue weighted by Crippen LogP contribution is 2.37. The fourth-order valence-corrected chi connectivity index (χ4v) is 2.39. The number of nitrogens with one attached hydrogen (secondary N) is 1. The van der Waals surface area contributed by atoms with Crippen molar-refractivity contribution in [1.82, 2.24) is 10.3 Å². The van der Waals surface area contributed by atoms with Crippen molar-refractivity contribution >= 4 is 5.91 Å². The monoisotopic (exact) mass is 234 g/mol. The Bertz CT molecular complexity index is 429. The Morgan fingerprint density at radius 3 is 2.88 bits per heavy atom. The third-order valence-electron chi connectivity index (χ3n) is 3.55. The van der Waals surface area contributed by atoms with Crippen molar-refractivity contribution in [3.8, 4) is 5.75 Å². The molecule has 0 aliphatic heterocycles. The molecule has 1 fully saturated rings. The summed E-state index contributed by atoms with van der Waals surface area (Å²) in [5.41, 5.74) is 0.563. The Morgan fingerprint density at radius 2 is 2.29 bits per heavy atom. The van der Waals surface area contributed by atoms with Crippen molar-refractivity contribution in [2.45, 2.75) is 39.2 Å². The number of hydrogen-bond acceptors (Lipinski definition) is 3. The molecule has 1 atom stereocenters. The standard InChI is InChI=1S/C13H18N2O2/c1-13(2)5-3-4-11(13)15-12(17)9-6-10(16)8-14-7-9/h6-8,11,16H,3-5H2,1-2H3,(H,15,17). The van der Waals surface area contributed by atoms with E-state index in [-0.39, 0.29) is 23.1 Å². The molecule has 17 heavy (non-hydrogen) atoms. The van der Waals surface area contributed by atoms with E-state index in [1.807, 2.05) is 0 Å². The van der Waals surface area contributed by atoms with Gasteiger partial charge in [0.15, 0.2) is 0 Å². The first kappa shape index (κ1) is 11.9. The van der Waals surface area contributed by atoms with Gasteiger partial charge >= 0.3 is 0 Å². The number of aromatic nitrogens is 1. The summed E-state index contributed by atoms with van der Waals surface area (Å²) in [6.45, 7) is 4.34. The van der Waals surface area contributed by atoms with E-state index in [2.05, 4.69) is 24.1 Å². The van der Waals surface area contributed by atoms with Gasteiger partial charge in [-0.2, -0.15) is 0 Å². The highest BCUT2D eigenvalue weighted by atomic mass is 16.3. The Labute approximate surface area is 101 Å². The normalized spacial score (nSPS) is 22.4. The van der Waals surface area contributed by atoms with E-state index in [0.717, 1.165) is 19.3 Å². The molecule has 2 N–H and O–H groups in total. The fraction of sp³-hybridized carbons (Fsp3) is 0.538. The molecule has 1 saturated carbocycles. The lowest BCUT2D eigenvalue weighted by atomic mass is 9.87. The molecule has 1 aromatic rings. The highest BCUT2D eigenvalue weighted by Gasteiger charge is 2.35. The van der Waals surface area contributed by atoms with Crippen LogP contribution in [0.5, 0.6) is 5.75 Å². The summed E-state index contributed by atoms with van der Waals surface area (Å²) >= 11 is 0. The third kappa shape index (κ3) is 2.57. The fourth-order valence-electron chi connectivity index (χ4n) is 2.39. The summed E-state index contributed by atoms with van der Waals surface area (Å²) in [5, 5.41) is 12.3. The quantitative estimate of drug-likeness (QED) is 0.823. The van der Waals surface area contributed by atoms with E-state index in [1.165, 1.54) is 18.5 Å². The van der Waals surface area contributed by atoms with Crippen LogP contribution >= 0.6 is 0 Å². The lowest BCUT2D eigenvalue weighted by Crippen LogP contribution is -2.41. The summed E-state index contributed by atoms with van der Waals surface area (Å²) < 4.78 is 0. The number of aromatic hydroxyl groups is 1. The molecule has 0 radical (unpaired) electrons. The van der Waals surface area contributed by atoms with E-state index in [1.54, 1.807) is 0 Å². The van der Waals surface area contributed by atoms with Crippen LogP contribution in [0.4, 0.5) is 0 Å². The Balaban J connectivity index is 2.07. The Kier molecular flexibility index (Phi) is 3.05. The maximum Gasteiger partial charge on any atom is 0.253 e. The summed E-state index contributed by atoms with van der Waals surface area (Å²) in [4.78, 5) is 15.8. The van der Waals surface area contributed by atoms with Crippen molar-refractivity contribution in [1.29, 1.82) is 0 Å².